The molecular weight excluding hydrogens is 266 g/mol. The maximum absolute atomic E-state index is 14.1. The Kier molecular flexibility index (Phi) is 2.71. The minimum absolute atomic E-state index is 0.116. The Morgan fingerprint density at radius 3 is 2.63 bits per heavy atom. The van der Waals surface area contributed by atoms with E-state index in [9.17, 15) is 8.78 Å². The van der Waals surface area contributed by atoms with Gasteiger partial charge < -0.3 is 4.98 Å². The van der Waals surface area contributed by atoms with Gasteiger partial charge in [-0.1, -0.05) is 12.1 Å². The molecule has 0 radical (unpaired) electrons. The predicted octanol–water partition coefficient (Wildman–Crippen LogP) is 4.27. The van der Waals surface area contributed by atoms with Crippen molar-refractivity contribution < 1.29 is 8.78 Å². The van der Waals surface area contributed by atoms with Crippen LogP contribution in [0.2, 0.25) is 0 Å². The lowest BCUT2D eigenvalue weighted by molar-refractivity contribution is 0.586. The van der Waals surface area contributed by atoms with Crippen LogP contribution in [-0.2, 0) is 0 Å². The zero-order valence-electron chi connectivity index (χ0n) is 10.1. The Morgan fingerprint density at radius 1 is 1.11 bits per heavy atom. The Hall–Kier alpha value is -2.01. The van der Waals surface area contributed by atoms with Gasteiger partial charge in [0.2, 0.25) is 0 Å². The average molecular weight is 276 g/mol. The highest BCUT2D eigenvalue weighted by Crippen LogP contribution is 2.23. The van der Waals surface area contributed by atoms with E-state index in [1.165, 1.54) is 23.6 Å². The van der Waals surface area contributed by atoms with E-state index < -0.39 is 11.6 Å². The van der Waals surface area contributed by atoms with Gasteiger partial charge in [0.1, 0.15) is 11.6 Å². The highest BCUT2D eigenvalue weighted by atomic mass is 32.1. The van der Waals surface area contributed by atoms with Crippen LogP contribution in [0.1, 0.15) is 5.56 Å². The number of benzene rings is 2. The molecule has 0 fully saturated rings. The molecule has 2 nitrogen and oxygen atoms in total. The summed E-state index contributed by atoms with van der Waals surface area (Å²) < 4.78 is 29.6. The highest BCUT2D eigenvalue weighted by molar-refractivity contribution is 7.71. The van der Waals surface area contributed by atoms with Crippen LogP contribution in [0.25, 0.3) is 16.7 Å². The van der Waals surface area contributed by atoms with Crippen LogP contribution in [-0.4, -0.2) is 9.55 Å². The molecule has 0 spiro atoms. The summed E-state index contributed by atoms with van der Waals surface area (Å²) in [6, 6.07) is 9.66. The van der Waals surface area contributed by atoms with Gasteiger partial charge in [0.05, 0.1) is 16.7 Å². The van der Waals surface area contributed by atoms with Crippen molar-refractivity contribution in [2.75, 3.05) is 0 Å². The number of aromatic nitrogens is 2. The lowest BCUT2D eigenvalue weighted by atomic mass is 10.2. The van der Waals surface area contributed by atoms with E-state index in [0.717, 1.165) is 11.0 Å². The van der Waals surface area contributed by atoms with E-state index in [1.807, 2.05) is 18.2 Å². The number of aromatic amines is 1. The molecule has 19 heavy (non-hydrogen) atoms. The first-order valence-electron chi connectivity index (χ1n) is 5.73. The van der Waals surface area contributed by atoms with Crippen LogP contribution in [0, 0.1) is 23.3 Å². The molecular formula is C14H10F2N2S. The molecule has 0 saturated heterocycles. The number of hydrogen-bond acceptors (Lipinski definition) is 1. The first-order valence-corrected chi connectivity index (χ1v) is 6.14. The van der Waals surface area contributed by atoms with Crippen molar-refractivity contribution in [1.82, 2.24) is 9.55 Å². The van der Waals surface area contributed by atoms with E-state index in [0.29, 0.717) is 4.77 Å². The number of nitrogens with one attached hydrogen (secondary N) is 1. The Morgan fingerprint density at radius 2 is 1.84 bits per heavy atom. The number of hydrogen-bond donors (Lipinski definition) is 1. The molecule has 0 unspecified atom stereocenters. The normalized spacial score (nSPS) is 11.1. The number of nitrogens with zero attached hydrogens (tertiary/aromatic N) is 1. The quantitative estimate of drug-likeness (QED) is 0.658. The zero-order valence-corrected chi connectivity index (χ0v) is 10.9. The fraction of sp³-hybridized carbons (Fsp3) is 0.0714. The average Bonchev–Trinajstić information content (AvgIpc) is 2.70. The fourth-order valence-electron chi connectivity index (χ4n) is 2.10. The highest BCUT2D eigenvalue weighted by Gasteiger charge is 2.13. The smallest absolute Gasteiger partial charge is 0.182 e. The molecule has 1 N–H and O–H groups in total. The van der Waals surface area contributed by atoms with Crippen molar-refractivity contribution in [3.63, 3.8) is 0 Å². The lowest BCUT2D eigenvalue weighted by Crippen LogP contribution is -2.00. The topological polar surface area (TPSA) is 20.7 Å². The van der Waals surface area contributed by atoms with E-state index in [2.05, 4.69) is 4.98 Å². The summed E-state index contributed by atoms with van der Waals surface area (Å²) in [7, 11) is 0. The van der Waals surface area contributed by atoms with Crippen molar-refractivity contribution in [1.29, 1.82) is 0 Å². The number of halogens is 2. The van der Waals surface area contributed by atoms with Crippen molar-refractivity contribution in [2.45, 2.75) is 6.92 Å². The van der Waals surface area contributed by atoms with Crippen LogP contribution >= 0.6 is 12.2 Å². The van der Waals surface area contributed by atoms with E-state index in [4.69, 9.17) is 12.2 Å². The van der Waals surface area contributed by atoms with Gasteiger partial charge in [0.25, 0.3) is 0 Å². The van der Waals surface area contributed by atoms with Gasteiger partial charge in [-0.25, -0.2) is 8.78 Å². The van der Waals surface area contributed by atoms with Gasteiger partial charge in [0, 0.05) is 6.07 Å². The number of H-pyrrole nitrogens is 1. The lowest BCUT2D eigenvalue weighted by Gasteiger charge is -2.07. The third-order valence-electron chi connectivity index (χ3n) is 3.06. The maximum atomic E-state index is 14.1. The van der Waals surface area contributed by atoms with Crippen LogP contribution in [0.15, 0.2) is 36.4 Å². The summed E-state index contributed by atoms with van der Waals surface area (Å²) in [4.78, 5) is 2.98. The first kappa shape index (κ1) is 12.0. The largest absolute Gasteiger partial charge is 0.330 e. The number of fused-ring (bicyclic) bond motifs is 1. The summed E-state index contributed by atoms with van der Waals surface area (Å²) in [5.41, 5.74) is 1.89. The second kappa shape index (κ2) is 4.28. The van der Waals surface area contributed by atoms with Gasteiger partial charge in [-0.05, 0) is 42.9 Å². The second-order valence-electron chi connectivity index (χ2n) is 4.34. The van der Waals surface area contributed by atoms with Crippen LogP contribution in [0.4, 0.5) is 8.78 Å². The molecule has 0 aliphatic rings. The summed E-state index contributed by atoms with van der Waals surface area (Å²) in [5.74, 6) is -0.955. The molecule has 1 aromatic heterocycles. The van der Waals surface area contributed by atoms with E-state index >= 15 is 0 Å². The molecule has 2 aromatic carbocycles. The summed E-state index contributed by atoms with van der Waals surface area (Å²) in [5, 5.41) is 0. The molecule has 0 bridgehead atoms. The Labute approximate surface area is 113 Å². The van der Waals surface area contributed by atoms with Gasteiger partial charge in [0.15, 0.2) is 4.77 Å². The predicted molar refractivity (Wildman–Crippen MR) is 73.1 cm³/mol. The van der Waals surface area contributed by atoms with Crippen molar-refractivity contribution in [3.8, 4) is 5.69 Å². The van der Waals surface area contributed by atoms with Crippen LogP contribution in [0.5, 0.6) is 0 Å². The molecule has 0 saturated carbocycles. The molecule has 0 atom stereocenters. The van der Waals surface area contributed by atoms with Gasteiger partial charge in [-0.2, -0.15) is 0 Å². The SMILES string of the molecule is Cc1cc(F)c(-n2c(=S)[nH]c3ccccc32)cc1F. The van der Waals surface area contributed by atoms with E-state index in [1.54, 1.807) is 6.07 Å². The third-order valence-corrected chi connectivity index (χ3v) is 3.34. The molecule has 1 heterocycles. The van der Waals surface area contributed by atoms with Crippen LogP contribution in [0.3, 0.4) is 0 Å². The van der Waals surface area contributed by atoms with Crippen molar-refractivity contribution in [3.05, 3.63) is 58.4 Å². The number of para-hydroxylation sites is 2. The van der Waals surface area contributed by atoms with E-state index in [-0.39, 0.29) is 11.3 Å². The molecule has 3 rings (SSSR count). The first-order chi connectivity index (χ1) is 9.08. The summed E-state index contributed by atoms with van der Waals surface area (Å²) >= 11 is 5.19. The van der Waals surface area contributed by atoms with Crippen LogP contribution < -0.4 is 0 Å². The molecule has 0 amide bonds. The van der Waals surface area contributed by atoms with Crippen molar-refractivity contribution >= 4 is 23.3 Å². The van der Waals surface area contributed by atoms with Gasteiger partial charge in [-0.15, -0.1) is 0 Å². The minimum atomic E-state index is -0.500. The fourth-order valence-corrected chi connectivity index (χ4v) is 2.41. The van der Waals surface area contributed by atoms with Gasteiger partial charge >= 0.3 is 0 Å². The standard InChI is InChI=1S/C14H10F2N2S/c1-8-6-10(16)13(7-9(8)15)18-12-5-3-2-4-11(12)17-14(18)19/h2-7H,1H3,(H,17,19). The zero-order chi connectivity index (χ0) is 13.6. The summed E-state index contributed by atoms with van der Waals surface area (Å²) in [6.07, 6.45) is 0. The number of aryl methyl sites for hydroxylation is 1. The Bertz CT molecular complexity index is 833. The number of rotatable bonds is 1. The van der Waals surface area contributed by atoms with Crippen molar-refractivity contribution in [2.24, 2.45) is 0 Å². The minimum Gasteiger partial charge on any atom is -0.330 e. The molecule has 0 aliphatic heterocycles. The third kappa shape index (κ3) is 1.86. The maximum Gasteiger partial charge on any atom is 0.182 e. The second-order valence-corrected chi connectivity index (χ2v) is 4.72. The number of imidazole rings is 1. The molecule has 0 aliphatic carbocycles. The monoisotopic (exact) mass is 276 g/mol. The molecule has 5 heteroatoms. The van der Waals surface area contributed by atoms with Gasteiger partial charge in [-0.3, -0.25) is 4.57 Å². The molecule has 3 aromatic rings. The summed E-state index contributed by atoms with van der Waals surface area (Å²) in [6.45, 7) is 1.52. The Balaban J connectivity index is 2.40. The molecule has 96 valence electrons.